The average molecular weight is 304 g/mol. The fraction of sp³-hybridized carbons (Fsp3) is 0.0667. The van der Waals surface area contributed by atoms with Crippen LogP contribution in [0.25, 0.3) is 0 Å². The Morgan fingerprint density at radius 3 is 2.62 bits per heavy atom. The quantitative estimate of drug-likeness (QED) is 0.587. The molecule has 0 aliphatic rings. The van der Waals surface area contributed by atoms with Gasteiger partial charge in [-0.05, 0) is 42.0 Å². The highest BCUT2D eigenvalue weighted by Crippen LogP contribution is 2.19. The third-order valence-electron chi connectivity index (χ3n) is 2.61. The molecule has 5 nitrogen and oxygen atoms in total. The van der Waals surface area contributed by atoms with Crippen LogP contribution in [-0.2, 0) is 4.79 Å². The molecule has 2 aromatic carbocycles. The molecule has 0 unspecified atom stereocenters. The van der Waals surface area contributed by atoms with Crippen molar-refractivity contribution in [1.82, 2.24) is 5.43 Å². The highest BCUT2D eigenvalue weighted by molar-refractivity contribution is 6.33. The molecule has 0 spiro atoms. The van der Waals surface area contributed by atoms with E-state index in [4.69, 9.17) is 16.7 Å². The molecule has 0 saturated carbocycles. The van der Waals surface area contributed by atoms with Gasteiger partial charge in [0.1, 0.15) is 5.75 Å². The summed E-state index contributed by atoms with van der Waals surface area (Å²) in [5.41, 5.74) is 3.86. The molecule has 108 valence electrons. The molecule has 0 aliphatic heterocycles. The number of nitrogens with zero attached hydrogens (tertiary/aromatic N) is 1. The van der Waals surface area contributed by atoms with Gasteiger partial charge in [0.2, 0.25) is 0 Å². The monoisotopic (exact) mass is 303 g/mol. The minimum Gasteiger partial charge on any atom is -0.508 e. The lowest BCUT2D eigenvalue weighted by Crippen LogP contribution is -2.25. The van der Waals surface area contributed by atoms with E-state index >= 15 is 0 Å². The Balaban J connectivity index is 1.80. The number of hydrogen-bond acceptors (Lipinski definition) is 4. The van der Waals surface area contributed by atoms with E-state index in [1.807, 2.05) is 12.1 Å². The van der Waals surface area contributed by atoms with Gasteiger partial charge in [0.25, 0.3) is 5.91 Å². The van der Waals surface area contributed by atoms with Crippen LogP contribution in [0.4, 0.5) is 5.69 Å². The Morgan fingerprint density at radius 2 is 1.90 bits per heavy atom. The molecule has 0 atom stereocenters. The molecule has 0 aromatic heterocycles. The fourth-order valence-electron chi connectivity index (χ4n) is 1.56. The molecular formula is C15H14ClN3O2. The number of hydrazone groups is 1. The van der Waals surface area contributed by atoms with Gasteiger partial charge in [-0.15, -0.1) is 0 Å². The fourth-order valence-corrected chi connectivity index (χ4v) is 1.76. The molecule has 3 N–H and O–H groups in total. The summed E-state index contributed by atoms with van der Waals surface area (Å²) >= 11 is 5.96. The first kappa shape index (κ1) is 14.9. The molecule has 6 heteroatoms. The molecule has 0 radical (unpaired) electrons. The summed E-state index contributed by atoms with van der Waals surface area (Å²) < 4.78 is 0. The Labute approximate surface area is 127 Å². The first-order valence-corrected chi connectivity index (χ1v) is 6.62. The highest BCUT2D eigenvalue weighted by Gasteiger charge is 2.01. The largest absolute Gasteiger partial charge is 0.508 e. The van der Waals surface area contributed by atoms with Gasteiger partial charge in [0.15, 0.2) is 0 Å². The molecule has 0 fully saturated rings. The number of rotatable bonds is 5. The van der Waals surface area contributed by atoms with Crippen molar-refractivity contribution >= 4 is 29.4 Å². The van der Waals surface area contributed by atoms with Crippen LogP contribution in [0.5, 0.6) is 5.75 Å². The van der Waals surface area contributed by atoms with Crippen LogP contribution in [0.2, 0.25) is 5.02 Å². The van der Waals surface area contributed by atoms with Crippen LogP contribution in [0.3, 0.4) is 0 Å². The summed E-state index contributed by atoms with van der Waals surface area (Å²) in [5, 5.41) is 16.4. The Bertz CT molecular complexity index is 642. The molecule has 21 heavy (non-hydrogen) atoms. The molecule has 0 bridgehead atoms. The second-order valence-corrected chi connectivity index (χ2v) is 4.63. The van der Waals surface area contributed by atoms with Crippen molar-refractivity contribution in [3.8, 4) is 5.75 Å². The summed E-state index contributed by atoms with van der Waals surface area (Å²) in [6.45, 7) is 0.0661. The standard InChI is InChI=1S/C15H14ClN3O2/c16-13-3-1-2-4-14(13)17-10-15(21)19-18-9-11-5-7-12(20)8-6-11/h1-9,17,20H,10H2,(H,19,21)/b18-9+. The van der Waals surface area contributed by atoms with Crippen LogP contribution in [0, 0.1) is 0 Å². The lowest BCUT2D eigenvalue weighted by molar-refractivity contribution is -0.119. The third-order valence-corrected chi connectivity index (χ3v) is 2.94. The third kappa shape index (κ3) is 4.81. The first-order chi connectivity index (χ1) is 10.1. The number of aromatic hydroxyl groups is 1. The maximum Gasteiger partial charge on any atom is 0.259 e. The number of hydrogen-bond donors (Lipinski definition) is 3. The molecular weight excluding hydrogens is 290 g/mol. The van der Waals surface area contributed by atoms with E-state index in [2.05, 4.69) is 15.8 Å². The van der Waals surface area contributed by atoms with Crippen LogP contribution in [0.1, 0.15) is 5.56 Å². The zero-order valence-electron chi connectivity index (χ0n) is 11.1. The van der Waals surface area contributed by atoms with E-state index < -0.39 is 0 Å². The van der Waals surface area contributed by atoms with Gasteiger partial charge in [-0.1, -0.05) is 23.7 Å². The number of carbonyl (C=O) groups excluding carboxylic acids is 1. The highest BCUT2D eigenvalue weighted by atomic mass is 35.5. The van der Waals surface area contributed by atoms with Crippen molar-refractivity contribution in [2.75, 3.05) is 11.9 Å². The van der Waals surface area contributed by atoms with Crippen LogP contribution >= 0.6 is 11.6 Å². The number of amides is 1. The first-order valence-electron chi connectivity index (χ1n) is 6.24. The Hall–Kier alpha value is -2.53. The maximum absolute atomic E-state index is 11.6. The van der Waals surface area contributed by atoms with Gasteiger partial charge in [-0.25, -0.2) is 5.43 Å². The molecule has 2 aromatic rings. The molecule has 0 saturated heterocycles. The molecule has 2 rings (SSSR count). The zero-order valence-corrected chi connectivity index (χ0v) is 11.8. The number of phenols is 1. The minimum atomic E-state index is -0.287. The van der Waals surface area contributed by atoms with Crippen LogP contribution in [-0.4, -0.2) is 23.8 Å². The molecule has 1 amide bonds. The summed E-state index contributed by atoms with van der Waals surface area (Å²) in [5.74, 6) is -0.106. The van der Waals surface area contributed by atoms with Crippen molar-refractivity contribution < 1.29 is 9.90 Å². The van der Waals surface area contributed by atoms with Gasteiger partial charge in [0.05, 0.1) is 23.5 Å². The predicted octanol–water partition coefficient (Wildman–Crippen LogP) is 2.61. The van der Waals surface area contributed by atoms with Crippen molar-refractivity contribution in [1.29, 1.82) is 0 Å². The number of nitrogens with one attached hydrogen (secondary N) is 2. The van der Waals surface area contributed by atoms with Gasteiger partial charge >= 0.3 is 0 Å². The minimum absolute atomic E-state index is 0.0661. The smallest absolute Gasteiger partial charge is 0.259 e. The summed E-state index contributed by atoms with van der Waals surface area (Å²) in [6, 6.07) is 13.6. The Kier molecular flexibility index (Phi) is 5.17. The van der Waals surface area contributed by atoms with E-state index in [1.165, 1.54) is 6.21 Å². The van der Waals surface area contributed by atoms with Crippen molar-refractivity contribution in [2.24, 2.45) is 5.10 Å². The van der Waals surface area contributed by atoms with Gasteiger partial charge in [0, 0.05) is 0 Å². The Morgan fingerprint density at radius 1 is 1.19 bits per heavy atom. The number of carbonyl (C=O) groups is 1. The predicted molar refractivity (Wildman–Crippen MR) is 83.8 cm³/mol. The van der Waals surface area contributed by atoms with E-state index in [-0.39, 0.29) is 18.2 Å². The van der Waals surface area contributed by atoms with Gasteiger partial charge < -0.3 is 10.4 Å². The van der Waals surface area contributed by atoms with E-state index in [9.17, 15) is 4.79 Å². The second-order valence-electron chi connectivity index (χ2n) is 4.22. The molecule has 0 aliphatic carbocycles. The SMILES string of the molecule is O=C(CNc1ccccc1Cl)N/N=C/c1ccc(O)cc1. The summed E-state index contributed by atoms with van der Waals surface area (Å²) in [4.78, 5) is 11.6. The average Bonchev–Trinajstić information content (AvgIpc) is 2.48. The summed E-state index contributed by atoms with van der Waals surface area (Å²) in [7, 11) is 0. The number of para-hydroxylation sites is 1. The van der Waals surface area contributed by atoms with Gasteiger partial charge in [-0.2, -0.15) is 5.10 Å². The number of halogens is 1. The summed E-state index contributed by atoms with van der Waals surface area (Å²) in [6.07, 6.45) is 1.49. The van der Waals surface area contributed by atoms with E-state index in [1.54, 1.807) is 36.4 Å². The van der Waals surface area contributed by atoms with Crippen LogP contribution < -0.4 is 10.7 Å². The number of benzene rings is 2. The lowest BCUT2D eigenvalue weighted by atomic mass is 10.2. The van der Waals surface area contributed by atoms with Gasteiger partial charge in [-0.3, -0.25) is 4.79 Å². The van der Waals surface area contributed by atoms with Crippen molar-refractivity contribution in [3.63, 3.8) is 0 Å². The van der Waals surface area contributed by atoms with Crippen LogP contribution in [0.15, 0.2) is 53.6 Å². The maximum atomic E-state index is 11.6. The topological polar surface area (TPSA) is 73.7 Å². The number of anilines is 1. The van der Waals surface area contributed by atoms with Crippen molar-refractivity contribution in [2.45, 2.75) is 0 Å². The van der Waals surface area contributed by atoms with Crippen molar-refractivity contribution in [3.05, 3.63) is 59.1 Å². The number of phenolic OH excluding ortho intramolecular Hbond substituents is 1. The molecule has 0 heterocycles. The normalized spacial score (nSPS) is 10.5. The second kappa shape index (κ2) is 7.31. The van der Waals surface area contributed by atoms with E-state index in [0.29, 0.717) is 10.7 Å². The van der Waals surface area contributed by atoms with E-state index in [0.717, 1.165) is 5.56 Å². The lowest BCUT2D eigenvalue weighted by Gasteiger charge is -2.06. The zero-order chi connectivity index (χ0) is 15.1.